The number of fused-ring (bicyclic) bond motifs is 1. The Morgan fingerprint density at radius 2 is 2.00 bits per heavy atom. The van der Waals surface area contributed by atoms with Gasteiger partial charge in [-0.1, -0.05) is 30.3 Å². The van der Waals surface area contributed by atoms with Crippen LogP contribution in [0.1, 0.15) is 29.3 Å². The van der Waals surface area contributed by atoms with Gasteiger partial charge in [0.25, 0.3) is 6.20 Å². The second-order valence-electron chi connectivity index (χ2n) is 7.11. The van der Waals surface area contributed by atoms with Crippen LogP contribution in [0.15, 0.2) is 52.1 Å². The number of benzene rings is 1. The summed E-state index contributed by atoms with van der Waals surface area (Å²) in [5, 5.41) is 16.2. The highest BCUT2D eigenvalue weighted by molar-refractivity contribution is 7.21. The minimum absolute atomic E-state index is 0.00958. The molecule has 0 spiro atoms. The van der Waals surface area contributed by atoms with E-state index in [4.69, 9.17) is 10.3 Å². The summed E-state index contributed by atoms with van der Waals surface area (Å²) in [6, 6.07) is 9.66. The van der Waals surface area contributed by atoms with E-state index in [1.54, 1.807) is 35.0 Å². The van der Waals surface area contributed by atoms with Crippen LogP contribution in [0.2, 0.25) is 0 Å². The molecule has 0 amide bonds. The number of anilines is 1. The lowest BCUT2D eigenvalue weighted by Crippen LogP contribution is -2.32. The molecule has 2 N–H and O–H groups in total. The van der Waals surface area contributed by atoms with Crippen molar-refractivity contribution in [1.82, 2.24) is 10.3 Å². The van der Waals surface area contributed by atoms with E-state index in [9.17, 15) is 18.3 Å². The van der Waals surface area contributed by atoms with Crippen LogP contribution in [-0.2, 0) is 6.18 Å². The first-order chi connectivity index (χ1) is 14.8. The fourth-order valence-electron chi connectivity index (χ4n) is 3.22. The zero-order chi connectivity index (χ0) is 21.8. The van der Waals surface area contributed by atoms with Gasteiger partial charge >= 0.3 is 12.1 Å². The molecule has 7 nitrogen and oxygen atoms in total. The third-order valence-electron chi connectivity index (χ3n) is 4.87. The monoisotopic (exact) mass is 445 g/mol. The number of hydrogen-bond acceptors (Lipinski definition) is 7. The van der Waals surface area contributed by atoms with Crippen molar-refractivity contribution in [1.29, 1.82) is 0 Å². The summed E-state index contributed by atoms with van der Waals surface area (Å²) in [6.07, 6.45) is -1.28. The molecule has 1 aromatic carbocycles. The lowest BCUT2D eigenvalue weighted by atomic mass is 10.1. The summed E-state index contributed by atoms with van der Waals surface area (Å²) < 4.78 is 48.1. The highest BCUT2D eigenvalue weighted by Crippen LogP contribution is 2.43. The highest BCUT2D eigenvalue weighted by Gasteiger charge is 2.36. The molecule has 1 saturated carbocycles. The van der Waals surface area contributed by atoms with Crippen LogP contribution in [0.3, 0.4) is 0 Å². The summed E-state index contributed by atoms with van der Waals surface area (Å²) in [7, 11) is 0. The fourth-order valence-corrected chi connectivity index (χ4v) is 4.23. The minimum Gasteiger partial charge on any atom is -0.857 e. The Morgan fingerprint density at radius 3 is 2.68 bits per heavy atom. The van der Waals surface area contributed by atoms with E-state index in [1.165, 1.54) is 6.20 Å². The normalized spacial score (nSPS) is 15.0. The molecule has 3 heterocycles. The number of aliphatic imine (C=N–C) groups is 1. The first kappa shape index (κ1) is 19.5. The predicted octanol–water partition coefficient (Wildman–Crippen LogP) is 3.61. The number of aromatic nitrogens is 3. The third-order valence-corrected chi connectivity index (χ3v) is 5.96. The summed E-state index contributed by atoms with van der Waals surface area (Å²) >= 11 is 0.768. The van der Waals surface area contributed by atoms with Crippen LogP contribution in [-0.4, -0.2) is 16.2 Å². The Labute approximate surface area is 177 Å². The molecule has 0 aliphatic heterocycles. The van der Waals surface area contributed by atoms with E-state index in [0.29, 0.717) is 5.56 Å². The van der Waals surface area contributed by atoms with Gasteiger partial charge in [-0.3, -0.25) is 4.52 Å². The molecule has 0 bridgehead atoms. The zero-order valence-electron chi connectivity index (χ0n) is 15.8. The molecular weight excluding hydrogens is 431 g/mol. The average molecular weight is 445 g/mol. The first-order valence-electron chi connectivity index (χ1n) is 9.31. The number of nitrogens with two attached hydrogens (primary N) is 1. The van der Waals surface area contributed by atoms with E-state index < -0.39 is 17.6 Å². The van der Waals surface area contributed by atoms with Crippen LogP contribution in [0.4, 0.5) is 24.7 Å². The molecular formula is C20H14F3N5O2S. The van der Waals surface area contributed by atoms with Crippen molar-refractivity contribution < 1.29 is 27.5 Å². The van der Waals surface area contributed by atoms with Gasteiger partial charge in [0.05, 0.1) is 21.8 Å². The Kier molecular flexibility index (Phi) is 4.43. The molecule has 0 saturated heterocycles. The van der Waals surface area contributed by atoms with E-state index in [0.717, 1.165) is 30.2 Å². The maximum absolute atomic E-state index is 13.8. The Hall–Kier alpha value is -3.47. The van der Waals surface area contributed by atoms with Crippen molar-refractivity contribution in [2.75, 3.05) is 5.73 Å². The van der Waals surface area contributed by atoms with Gasteiger partial charge < -0.3 is 10.8 Å². The van der Waals surface area contributed by atoms with E-state index in [-0.39, 0.29) is 38.4 Å². The van der Waals surface area contributed by atoms with E-state index in [1.807, 2.05) is 0 Å². The second kappa shape index (κ2) is 7.05. The quantitative estimate of drug-likeness (QED) is 0.294. The Morgan fingerprint density at radius 1 is 1.26 bits per heavy atom. The maximum Gasteiger partial charge on any atom is 0.417 e. The Balaban J connectivity index is 1.64. The first-order valence-corrected chi connectivity index (χ1v) is 10.1. The van der Waals surface area contributed by atoms with Crippen molar-refractivity contribution in [3.63, 3.8) is 0 Å². The lowest BCUT2D eigenvalue weighted by Gasteiger charge is -2.12. The van der Waals surface area contributed by atoms with Crippen LogP contribution in [0.25, 0.3) is 21.5 Å². The third kappa shape index (κ3) is 3.61. The second-order valence-corrected chi connectivity index (χ2v) is 8.11. The predicted molar refractivity (Wildman–Crippen MR) is 106 cm³/mol. The average Bonchev–Trinajstić information content (AvgIpc) is 3.40. The van der Waals surface area contributed by atoms with Crippen LogP contribution in [0, 0.1) is 0 Å². The molecule has 4 aromatic rings. The standard InChI is InChI=1S/C20H14F3N5O2S/c21-20(22,23)12-8-13(10-4-2-1-3-5-10)25-19-15(12)16(24)17(31-19)18(29)26-14-9-28(27-30-14)11-6-7-11/h1-5,8-9,11H,6-7H2,(H2-,24,26,27,29). The zero-order valence-corrected chi connectivity index (χ0v) is 16.6. The number of halogens is 3. The molecule has 5 rings (SSSR count). The van der Waals surface area contributed by atoms with Crippen LogP contribution < -0.4 is 15.5 Å². The number of alkyl halides is 3. The number of nitrogen functional groups attached to an aromatic ring is 1. The van der Waals surface area contributed by atoms with Gasteiger partial charge in [-0.15, -0.1) is 11.3 Å². The number of thiophene rings is 1. The van der Waals surface area contributed by atoms with E-state index in [2.05, 4.69) is 15.2 Å². The Bertz CT molecular complexity index is 1310. The smallest absolute Gasteiger partial charge is 0.417 e. The molecule has 3 aromatic heterocycles. The lowest BCUT2D eigenvalue weighted by molar-refractivity contribution is -0.765. The van der Waals surface area contributed by atoms with Gasteiger partial charge in [0.2, 0.25) is 5.27 Å². The summed E-state index contributed by atoms with van der Waals surface area (Å²) in [6.45, 7) is 0. The van der Waals surface area contributed by atoms with Gasteiger partial charge in [0, 0.05) is 29.7 Å². The molecule has 1 fully saturated rings. The molecule has 0 unspecified atom stereocenters. The number of pyridine rings is 1. The summed E-state index contributed by atoms with van der Waals surface area (Å²) in [5.74, 6) is -0.850. The SMILES string of the molecule is Nc1c(/C([O-])=N/c2c[n+](C3CC3)no2)sc2nc(-c3ccccc3)cc(C(F)(F)F)c12. The van der Waals surface area contributed by atoms with Gasteiger partial charge in [0.1, 0.15) is 4.83 Å². The molecule has 31 heavy (non-hydrogen) atoms. The maximum atomic E-state index is 13.8. The van der Waals surface area contributed by atoms with E-state index >= 15 is 0 Å². The minimum atomic E-state index is -4.68. The molecule has 1 aliphatic rings. The van der Waals surface area contributed by atoms with Crippen LogP contribution >= 0.6 is 11.3 Å². The highest BCUT2D eigenvalue weighted by atomic mass is 32.1. The van der Waals surface area contributed by atoms with Crippen molar-refractivity contribution in [3.05, 3.63) is 53.0 Å². The molecule has 0 atom stereocenters. The molecule has 1 aliphatic carbocycles. The molecule has 158 valence electrons. The van der Waals surface area contributed by atoms with Gasteiger partial charge in [0.15, 0.2) is 6.04 Å². The van der Waals surface area contributed by atoms with Crippen LogP contribution in [0.5, 0.6) is 0 Å². The van der Waals surface area contributed by atoms with Crippen molar-refractivity contribution in [2.24, 2.45) is 4.99 Å². The molecule has 11 heteroatoms. The number of hydrogen-bond donors (Lipinski definition) is 1. The summed E-state index contributed by atoms with van der Waals surface area (Å²) in [4.78, 5) is 8.03. The number of rotatable bonds is 4. The van der Waals surface area contributed by atoms with Gasteiger partial charge in [-0.05, 0) is 10.7 Å². The topological polar surface area (TPSA) is 104 Å². The fraction of sp³-hybridized carbons (Fsp3) is 0.200. The van der Waals surface area contributed by atoms with Gasteiger partial charge in [-0.25, -0.2) is 9.98 Å². The molecule has 0 radical (unpaired) electrons. The van der Waals surface area contributed by atoms with Crippen molar-refractivity contribution in [3.8, 4) is 11.3 Å². The summed E-state index contributed by atoms with van der Waals surface area (Å²) in [5.41, 5.74) is 5.39. The van der Waals surface area contributed by atoms with Crippen molar-refractivity contribution in [2.45, 2.75) is 25.1 Å². The largest absolute Gasteiger partial charge is 0.857 e. The number of nitrogens with zero attached hydrogens (tertiary/aromatic N) is 4. The van der Waals surface area contributed by atoms with Crippen molar-refractivity contribution >= 4 is 39.0 Å². The van der Waals surface area contributed by atoms with Gasteiger partial charge in [-0.2, -0.15) is 13.2 Å².